The highest BCUT2D eigenvalue weighted by atomic mass is 16.5. The standard InChI is InChI=1S/C17H30O/c1-18-17-12-15-7-6-13-2-4-14(5-3-13)8-10-16(17)11-9-15/h13-17H,2-12H2,1H3/t13?,14?,15?,16-,17+/m1/s1. The number of hydrogen-bond donors (Lipinski definition) is 0. The van der Waals surface area contributed by atoms with Gasteiger partial charge in [-0.05, 0) is 49.4 Å². The van der Waals surface area contributed by atoms with E-state index in [-0.39, 0.29) is 0 Å². The van der Waals surface area contributed by atoms with E-state index in [4.69, 9.17) is 4.74 Å². The van der Waals surface area contributed by atoms with Crippen molar-refractivity contribution in [3.8, 4) is 0 Å². The molecule has 6 aliphatic carbocycles. The Labute approximate surface area is 113 Å². The van der Waals surface area contributed by atoms with Crippen molar-refractivity contribution in [2.75, 3.05) is 7.11 Å². The molecule has 6 rings (SSSR count). The van der Waals surface area contributed by atoms with Crippen LogP contribution in [-0.4, -0.2) is 13.2 Å². The highest BCUT2D eigenvalue weighted by molar-refractivity contribution is 4.84. The Bertz CT molecular complexity index is 254. The van der Waals surface area contributed by atoms with E-state index in [1.807, 2.05) is 7.11 Å². The lowest BCUT2D eigenvalue weighted by Gasteiger charge is -2.39. The summed E-state index contributed by atoms with van der Waals surface area (Å²) >= 11 is 0. The zero-order chi connectivity index (χ0) is 12.4. The molecular formula is C17H30O. The first-order chi connectivity index (χ1) is 8.85. The van der Waals surface area contributed by atoms with Gasteiger partial charge in [0.2, 0.25) is 0 Å². The average molecular weight is 250 g/mol. The lowest BCUT2D eigenvalue weighted by Crippen LogP contribution is -2.32. The molecule has 0 amide bonds. The molecule has 0 heterocycles. The molecule has 0 radical (unpaired) electrons. The number of rotatable bonds is 1. The van der Waals surface area contributed by atoms with E-state index in [0.717, 1.165) is 23.7 Å². The van der Waals surface area contributed by atoms with Gasteiger partial charge in [0.05, 0.1) is 6.10 Å². The quantitative estimate of drug-likeness (QED) is 0.649. The molecule has 6 fully saturated rings. The van der Waals surface area contributed by atoms with Crippen LogP contribution in [0.3, 0.4) is 0 Å². The number of hydrogen-bond acceptors (Lipinski definition) is 1. The van der Waals surface area contributed by atoms with Gasteiger partial charge >= 0.3 is 0 Å². The molecule has 104 valence electrons. The topological polar surface area (TPSA) is 9.23 Å². The van der Waals surface area contributed by atoms with Crippen molar-refractivity contribution < 1.29 is 4.74 Å². The Morgan fingerprint density at radius 1 is 0.611 bits per heavy atom. The van der Waals surface area contributed by atoms with Crippen molar-refractivity contribution in [3.63, 3.8) is 0 Å². The van der Waals surface area contributed by atoms with Gasteiger partial charge in [-0.15, -0.1) is 0 Å². The number of methoxy groups -OCH3 is 1. The second kappa shape index (κ2) is 5.94. The van der Waals surface area contributed by atoms with Crippen molar-refractivity contribution in [2.24, 2.45) is 23.7 Å². The second-order valence-corrected chi connectivity index (χ2v) is 7.25. The monoisotopic (exact) mass is 250 g/mol. The molecule has 0 aliphatic heterocycles. The summed E-state index contributed by atoms with van der Waals surface area (Å²) in [5, 5.41) is 0. The van der Waals surface area contributed by atoms with Gasteiger partial charge in [-0.3, -0.25) is 0 Å². The van der Waals surface area contributed by atoms with Crippen LogP contribution in [0, 0.1) is 23.7 Å². The third kappa shape index (κ3) is 2.92. The normalized spacial score (nSPS) is 45.5. The first-order valence-corrected chi connectivity index (χ1v) is 8.38. The minimum absolute atomic E-state index is 0.585. The van der Waals surface area contributed by atoms with E-state index in [1.165, 1.54) is 70.6 Å². The molecule has 0 aromatic carbocycles. The van der Waals surface area contributed by atoms with Gasteiger partial charge in [-0.2, -0.15) is 0 Å². The van der Waals surface area contributed by atoms with E-state index in [1.54, 1.807) is 0 Å². The minimum atomic E-state index is 0.585. The van der Waals surface area contributed by atoms with Gasteiger partial charge in [-0.25, -0.2) is 0 Å². The molecule has 18 heavy (non-hydrogen) atoms. The molecule has 1 heteroatoms. The first-order valence-electron chi connectivity index (χ1n) is 8.38. The molecule has 6 saturated carbocycles. The largest absolute Gasteiger partial charge is 0.381 e. The molecule has 0 N–H and O–H groups in total. The molecule has 4 bridgehead atoms. The summed E-state index contributed by atoms with van der Waals surface area (Å²) in [4.78, 5) is 0. The SMILES string of the molecule is CO[C@H]1CC2CCC3CCC(CC3)CC[C@@H]1CC2. The van der Waals surface area contributed by atoms with Gasteiger partial charge < -0.3 is 4.74 Å². The number of ether oxygens (including phenoxy) is 1. The lowest BCUT2D eigenvalue weighted by atomic mass is 9.70. The Hall–Kier alpha value is -0.0400. The molecule has 0 spiro atoms. The van der Waals surface area contributed by atoms with Crippen LogP contribution in [0.15, 0.2) is 0 Å². The van der Waals surface area contributed by atoms with Crippen molar-refractivity contribution in [3.05, 3.63) is 0 Å². The second-order valence-electron chi connectivity index (χ2n) is 7.25. The Morgan fingerprint density at radius 3 is 1.61 bits per heavy atom. The summed E-state index contributed by atoms with van der Waals surface area (Å²) in [6.45, 7) is 0. The van der Waals surface area contributed by atoms with Crippen molar-refractivity contribution in [1.29, 1.82) is 0 Å². The summed E-state index contributed by atoms with van der Waals surface area (Å²) in [7, 11) is 1.94. The third-order valence-electron chi connectivity index (χ3n) is 6.24. The maximum atomic E-state index is 5.81. The van der Waals surface area contributed by atoms with Gasteiger partial charge in [0.1, 0.15) is 0 Å². The van der Waals surface area contributed by atoms with E-state index in [0.29, 0.717) is 6.10 Å². The molecule has 0 aromatic rings. The van der Waals surface area contributed by atoms with Crippen molar-refractivity contribution in [2.45, 2.75) is 76.7 Å². The van der Waals surface area contributed by atoms with Crippen LogP contribution in [0.25, 0.3) is 0 Å². The van der Waals surface area contributed by atoms with Crippen molar-refractivity contribution in [1.82, 2.24) is 0 Å². The first kappa shape index (κ1) is 13.0. The Kier molecular flexibility index (Phi) is 4.28. The van der Waals surface area contributed by atoms with Crippen LogP contribution in [0.5, 0.6) is 0 Å². The molecule has 1 nitrogen and oxygen atoms in total. The van der Waals surface area contributed by atoms with Gasteiger partial charge in [0.15, 0.2) is 0 Å². The van der Waals surface area contributed by atoms with Crippen LogP contribution in [0.4, 0.5) is 0 Å². The Morgan fingerprint density at radius 2 is 1.06 bits per heavy atom. The summed E-state index contributed by atoms with van der Waals surface area (Å²) in [5.74, 6) is 3.97. The fourth-order valence-corrected chi connectivity index (χ4v) is 4.89. The summed E-state index contributed by atoms with van der Waals surface area (Å²) in [6.07, 6.45) is 16.9. The van der Waals surface area contributed by atoms with Crippen LogP contribution in [0.1, 0.15) is 70.6 Å². The van der Waals surface area contributed by atoms with E-state index < -0.39 is 0 Å². The molecule has 3 atom stereocenters. The maximum absolute atomic E-state index is 5.81. The fourth-order valence-electron chi connectivity index (χ4n) is 4.89. The van der Waals surface area contributed by atoms with E-state index in [9.17, 15) is 0 Å². The lowest BCUT2D eigenvalue weighted by molar-refractivity contribution is -0.00635. The summed E-state index contributed by atoms with van der Waals surface area (Å²) < 4.78 is 5.81. The predicted octanol–water partition coefficient (Wildman–Crippen LogP) is 4.80. The zero-order valence-corrected chi connectivity index (χ0v) is 12.1. The van der Waals surface area contributed by atoms with Gasteiger partial charge in [0, 0.05) is 7.11 Å². The van der Waals surface area contributed by atoms with Gasteiger partial charge in [-0.1, -0.05) is 44.9 Å². The third-order valence-corrected chi connectivity index (χ3v) is 6.24. The minimum Gasteiger partial charge on any atom is -0.381 e. The average Bonchev–Trinajstić information content (AvgIpc) is 2.41. The van der Waals surface area contributed by atoms with E-state index in [2.05, 4.69) is 0 Å². The fraction of sp³-hybridized carbons (Fsp3) is 1.00. The van der Waals surface area contributed by atoms with E-state index >= 15 is 0 Å². The summed E-state index contributed by atoms with van der Waals surface area (Å²) in [6, 6.07) is 0. The van der Waals surface area contributed by atoms with Crippen LogP contribution >= 0.6 is 0 Å². The zero-order valence-electron chi connectivity index (χ0n) is 12.1. The van der Waals surface area contributed by atoms with Crippen LogP contribution in [0.2, 0.25) is 0 Å². The van der Waals surface area contributed by atoms with Crippen LogP contribution in [-0.2, 0) is 4.74 Å². The summed E-state index contributed by atoms with van der Waals surface area (Å²) in [5.41, 5.74) is 0. The predicted molar refractivity (Wildman–Crippen MR) is 75.5 cm³/mol. The van der Waals surface area contributed by atoms with Crippen molar-refractivity contribution >= 4 is 0 Å². The molecular weight excluding hydrogens is 220 g/mol. The van der Waals surface area contributed by atoms with Crippen LogP contribution < -0.4 is 0 Å². The van der Waals surface area contributed by atoms with Gasteiger partial charge in [0.25, 0.3) is 0 Å². The molecule has 6 aliphatic rings. The Balaban J connectivity index is 1.67. The smallest absolute Gasteiger partial charge is 0.0602 e. The highest BCUT2D eigenvalue weighted by Crippen LogP contribution is 2.42. The molecule has 0 aromatic heterocycles. The molecule has 0 saturated heterocycles. The molecule has 1 unspecified atom stereocenters. The maximum Gasteiger partial charge on any atom is 0.0602 e. The highest BCUT2D eigenvalue weighted by Gasteiger charge is 2.33.